The van der Waals surface area contributed by atoms with E-state index in [-0.39, 0.29) is 12.5 Å². The molecule has 3 N–H and O–H groups in total. The highest BCUT2D eigenvalue weighted by Gasteiger charge is 2.32. The second-order valence-corrected chi connectivity index (χ2v) is 6.50. The van der Waals surface area contributed by atoms with Gasteiger partial charge >= 0.3 is 0 Å². The van der Waals surface area contributed by atoms with E-state index in [1.54, 1.807) is 26.0 Å². The third-order valence-corrected chi connectivity index (χ3v) is 3.74. The smallest absolute Gasteiger partial charge is 0.230 e. The van der Waals surface area contributed by atoms with E-state index in [1.807, 2.05) is 26.0 Å². The van der Waals surface area contributed by atoms with Gasteiger partial charge in [0.05, 0.1) is 10.8 Å². The SMILES string of the molecule is CC(C)(CNC(=O)C(C)(C)c1ccc(Cl)cc1)C(N)=O. The van der Waals surface area contributed by atoms with Crippen molar-refractivity contribution in [2.75, 3.05) is 6.54 Å². The summed E-state index contributed by atoms with van der Waals surface area (Å²) in [5.74, 6) is -0.601. The zero-order valence-corrected chi connectivity index (χ0v) is 13.0. The normalized spacial score (nSPS) is 12.1. The molecule has 0 aliphatic rings. The summed E-state index contributed by atoms with van der Waals surface area (Å²) < 4.78 is 0. The quantitative estimate of drug-likeness (QED) is 0.874. The molecule has 0 bridgehead atoms. The molecule has 5 heteroatoms. The number of carbonyl (C=O) groups is 2. The second-order valence-electron chi connectivity index (χ2n) is 6.06. The summed E-state index contributed by atoms with van der Waals surface area (Å²) >= 11 is 5.85. The van der Waals surface area contributed by atoms with Crippen LogP contribution in [0, 0.1) is 5.41 Å². The molecule has 0 aliphatic heterocycles. The Bertz CT molecular complexity index is 507. The molecular weight excluding hydrogens is 276 g/mol. The molecule has 1 aromatic carbocycles. The summed E-state index contributed by atoms with van der Waals surface area (Å²) in [6, 6.07) is 7.14. The molecule has 0 radical (unpaired) electrons. The maximum atomic E-state index is 12.3. The van der Waals surface area contributed by atoms with E-state index in [1.165, 1.54) is 0 Å². The molecule has 110 valence electrons. The highest BCUT2D eigenvalue weighted by atomic mass is 35.5. The lowest BCUT2D eigenvalue weighted by Gasteiger charge is -2.27. The van der Waals surface area contributed by atoms with Gasteiger partial charge in [0.2, 0.25) is 11.8 Å². The molecule has 0 spiro atoms. The van der Waals surface area contributed by atoms with Crippen LogP contribution in [0.1, 0.15) is 33.3 Å². The Morgan fingerprint density at radius 1 is 1.15 bits per heavy atom. The van der Waals surface area contributed by atoms with Crippen molar-refractivity contribution in [3.63, 3.8) is 0 Å². The van der Waals surface area contributed by atoms with Crippen LogP contribution in [0.15, 0.2) is 24.3 Å². The number of nitrogens with two attached hydrogens (primary N) is 1. The predicted molar refractivity (Wildman–Crippen MR) is 80.5 cm³/mol. The van der Waals surface area contributed by atoms with Crippen LogP contribution in [-0.2, 0) is 15.0 Å². The zero-order valence-electron chi connectivity index (χ0n) is 12.3. The minimum atomic E-state index is -0.772. The fourth-order valence-corrected chi connectivity index (χ4v) is 1.73. The Morgan fingerprint density at radius 3 is 2.10 bits per heavy atom. The lowest BCUT2D eigenvalue weighted by Crippen LogP contribution is -2.47. The van der Waals surface area contributed by atoms with Crippen LogP contribution >= 0.6 is 11.6 Å². The Morgan fingerprint density at radius 2 is 1.65 bits per heavy atom. The minimum absolute atomic E-state index is 0.158. The van der Waals surface area contributed by atoms with E-state index in [4.69, 9.17) is 17.3 Å². The maximum absolute atomic E-state index is 12.3. The monoisotopic (exact) mass is 296 g/mol. The molecule has 2 amide bonds. The van der Waals surface area contributed by atoms with Crippen LogP contribution in [0.25, 0.3) is 0 Å². The number of rotatable bonds is 5. The van der Waals surface area contributed by atoms with Gasteiger partial charge in [0, 0.05) is 11.6 Å². The van der Waals surface area contributed by atoms with Gasteiger partial charge in [-0.3, -0.25) is 9.59 Å². The van der Waals surface area contributed by atoms with Crippen LogP contribution in [0.3, 0.4) is 0 Å². The van der Waals surface area contributed by atoms with Crippen LogP contribution in [-0.4, -0.2) is 18.4 Å². The van der Waals surface area contributed by atoms with Gasteiger partial charge in [-0.1, -0.05) is 23.7 Å². The number of nitrogens with one attached hydrogen (secondary N) is 1. The Kier molecular flexibility index (Phi) is 4.81. The summed E-state index contributed by atoms with van der Waals surface area (Å²) in [4.78, 5) is 23.6. The number of hydrogen-bond donors (Lipinski definition) is 2. The first-order chi connectivity index (χ1) is 9.07. The number of primary amides is 1. The van der Waals surface area contributed by atoms with Crippen molar-refractivity contribution >= 4 is 23.4 Å². The molecule has 1 rings (SSSR count). The first-order valence-electron chi connectivity index (χ1n) is 6.41. The number of amides is 2. The molecular formula is C15H21ClN2O2. The standard InChI is InChI=1S/C15H21ClN2O2/c1-14(2,12(17)19)9-18-13(20)15(3,4)10-5-7-11(16)8-6-10/h5-8H,9H2,1-4H3,(H2,17,19)(H,18,20). The Balaban J connectivity index is 2.80. The number of carbonyl (C=O) groups excluding carboxylic acids is 2. The average molecular weight is 297 g/mol. The van der Waals surface area contributed by atoms with Crippen molar-refractivity contribution in [3.05, 3.63) is 34.9 Å². The lowest BCUT2D eigenvalue weighted by molar-refractivity contribution is -0.128. The molecule has 0 aromatic heterocycles. The molecule has 0 atom stereocenters. The lowest BCUT2D eigenvalue weighted by atomic mass is 9.83. The summed E-state index contributed by atoms with van der Waals surface area (Å²) in [6.45, 7) is 7.25. The van der Waals surface area contributed by atoms with Crippen molar-refractivity contribution in [1.82, 2.24) is 5.32 Å². The first-order valence-corrected chi connectivity index (χ1v) is 6.79. The summed E-state index contributed by atoms with van der Waals surface area (Å²) in [5.41, 5.74) is 4.66. The van der Waals surface area contributed by atoms with Crippen molar-refractivity contribution in [1.29, 1.82) is 0 Å². The third kappa shape index (κ3) is 3.73. The molecule has 0 fully saturated rings. The predicted octanol–water partition coefficient (Wildman–Crippen LogP) is 2.25. The molecule has 20 heavy (non-hydrogen) atoms. The van der Waals surface area contributed by atoms with Crippen LogP contribution < -0.4 is 11.1 Å². The second kappa shape index (κ2) is 5.83. The molecule has 0 saturated heterocycles. The third-order valence-electron chi connectivity index (χ3n) is 3.49. The average Bonchev–Trinajstić information content (AvgIpc) is 2.36. The van der Waals surface area contributed by atoms with Gasteiger partial charge in [0.1, 0.15) is 0 Å². The summed E-state index contributed by atoms with van der Waals surface area (Å²) in [5, 5.41) is 3.41. The fraction of sp³-hybridized carbons (Fsp3) is 0.467. The van der Waals surface area contributed by atoms with Gasteiger partial charge in [-0.25, -0.2) is 0 Å². The van der Waals surface area contributed by atoms with E-state index in [9.17, 15) is 9.59 Å². The van der Waals surface area contributed by atoms with E-state index in [0.29, 0.717) is 5.02 Å². The van der Waals surface area contributed by atoms with Crippen LogP contribution in [0.4, 0.5) is 0 Å². The van der Waals surface area contributed by atoms with Gasteiger partial charge in [-0.05, 0) is 45.4 Å². The number of halogens is 1. The van der Waals surface area contributed by atoms with Crippen molar-refractivity contribution in [2.45, 2.75) is 33.1 Å². The van der Waals surface area contributed by atoms with Gasteiger partial charge < -0.3 is 11.1 Å². The van der Waals surface area contributed by atoms with Crippen LogP contribution in [0.5, 0.6) is 0 Å². The molecule has 0 unspecified atom stereocenters. The maximum Gasteiger partial charge on any atom is 0.230 e. The van der Waals surface area contributed by atoms with Crippen molar-refractivity contribution in [3.8, 4) is 0 Å². The molecule has 1 aromatic rings. The summed E-state index contributed by atoms with van der Waals surface area (Å²) in [6.07, 6.45) is 0. The minimum Gasteiger partial charge on any atom is -0.369 e. The molecule has 0 aliphatic carbocycles. The number of benzene rings is 1. The van der Waals surface area contributed by atoms with Crippen LogP contribution in [0.2, 0.25) is 5.02 Å². The van der Waals surface area contributed by atoms with E-state index >= 15 is 0 Å². The van der Waals surface area contributed by atoms with E-state index in [0.717, 1.165) is 5.56 Å². The van der Waals surface area contributed by atoms with E-state index in [2.05, 4.69) is 5.32 Å². The van der Waals surface area contributed by atoms with E-state index < -0.39 is 16.7 Å². The number of hydrogen-bond acceptors (Lipinski definition) is 2. The Hall–Kier alpha value is -1.55. The highest BCUT2D eigenvalue weighted by Crippen LogP contribution is 2.25. The van der Waals surface area contributed by atoms with Crippen molar-refractivity contribution < 1.29 is 9.59 Å². The van der Waals surface area contributed by atoms with Crippen molar-refractivity contribution in [2.24, 2.45) is 11.1 Å². The fourth-order valence-electron chi connectivity index (χ4n) is 1.61. The molecule has 0 saturated carbocycles. The molecule has 4 nitrogen and oxygen atoms in total. The zero-order chi connectivity index (χ0) is 15.6. The first kappa shape index (κ1) is 16.5. The highest BCUT2D eigenvalue weighted by molar-refractivity contribution is 6.30. The topological polar surface area (TPSA) is 72.2 Å². The Labute approximate surface area is 124 Å². The summed E-state index contributed by atoms with van der Waals surface area (Å²) in [7, 11) is 0. The van der Waals surface area contributed by atoms with Gasteiger partial charge in [0.25, 0.3) is 0 Å². The van der Waals surface area contributed by atoms with Gasteiger partial charge in [0.15, 0.2) is 0 Å². The van der Waals surface area contributed by atoms with Gasteiger partial charge in [-0.15, -0.1) is 0 Å². The largest absolute Gasteiger partial charge is 0.369 e. The van der Waals surface area contributed by atoms with Gasteiger partial charge in [-0.2, -0.15) is 0 Å². The molecule has 0 heterocycles.